The number of rotatable bonds is 2. The lowest BCUT2D eigenvalue weighted by molar-refractivity contribution is 1.01. The molecule has 0 aromatic carbocycles. The second-order valence-corrected chi connectivity index (χ2v) is 3.79. The average molecular weight is 206 g/mol. The molecule has 72 valence electrons. The fourth-order valence-electron chi connectivity index (χ4n) is 1.01. The van der Waals surface area contributed by atoms with E-state index in [0.29, 0.717) is 12.4 Å². The summed E-state index contributed by atoms with van der Waals surface area (Å²) in [6.45, 7) is 2.42. The predicted molar refractivity (Wildman–Crippen MR) is 55.8 cm³/mol. The Bertz CT molecular complexity index is 421. The first-order valence-corrected chi connectivity index (χ1v) is 5.11. The zero-order valence-electron chi connectivity index (χ0n) is 7.77. The second-order valence-electron chi connectivity index (χ2n) is 2.93. The van der Waals surface area contributed by atoms with Gasteiger partial charge < -0.3 is 5.73 Å². The normalized spacial score (nSPS) is 10.4. The van der Waals surface area contributed by atoms with E-state index in [1.54, 1.807) is 12.4 Å². The number of nitrogens with two attached hydrogens (primary N) is 1. The van der Waals surface area contributed by atoms with Crippen LogP contribution in [0.4, 0.5) is 0 Å². The van der Waals surface area contributed by atoms with Crippen LogP contribution in [-0.4, -0.2) is 15.0 Å². The van der Waals surface area contributed by atoms with Crippen LogP contribution in [0, 0.1) is 6.92 Å². The van der Waals surface area contributed by atoms with Gasteiger partial charge in [0.15, 0.2) is 10.8 Å². The van der Waals surface area contributed by atoms with Gasteiger partial charge in [0.2, 0.25) is 0 Å². The molecular formula is C9H10N4S. The van der Waals surface area contributed by atoms with E-state index in [4.69, 9.17) is 5.73 Å². The summed E-state index contributed by atoms with van der Waals surface area (Å²) in [4.78, 5) is 12.7. The van der Waals surface area contributed by atoms with Crippen LogP contribution in [0.15, 0.2) is 17.8 Å². The summed E-state index contributed by atoms with van der Waals surface area (Å²) < 4.78 is 0. The van der Waals surface area contributed by atoms with Crippen LogP contribution in [-0.2, 0) is 6.54 Å². The molecule has 2 aromatic heterocycles. The van der Waals surface area contributed by atoms with Crippen LogP contribution in [0.2, 0.25) is 0 Å². The third-order valence-electron chi connectivity index (χ3n) is 1.73. The maximum atomic E-state index is 5.47. The van der Waals surface area contributed by atoms with Crippen LogP contribution < -0.4 is 5.73 Å². The maximum absolute atomic E-state index is 5.47. The van der Waals surface area contributed by atoms with Crippen molar-refractivity contribution in [2.75, 3.05) is 0 Å². The van der Waals surface area contributed by atoms with E-state index in [2.05, 4.69) is 15.0 Å². The van der Waals surface area contributed by atoms with Crippen LogP contribution in [0.1, 0.15) is 11.3 Å². The van der Waals surface area contributed by atoms with E-state index >= 15 is 0 Å². The maximum Gasteiger partial charge on any atom is 0.188 e. The molecule has 2 heterocycles. The molecule has 2 rings (SSSR count). The number of aryl methyl sites for hydroxylation is 1. The smallest absolute Gasteiger partial charge is 0.188 e. The molecule has 0 saturated heterocycles. The molecule has 0 aliphatic heterocycles. The highest BCUT2D eigenvalue weighted by Gasteiger charge is 2.05. The Balaban J connectivity index is 2.34. The van der Waals surface area contributed by atoms with Crippen LogP contribution in [0.25, 0.3) is 10.8 Å². The van der Waals surface area contributed by atoms with Gasteiger partial charge in [-0.3, -0.25) is 0 Å². The molecule has 2 aromatic rings. The van der Waals surface area contributed by atoms with Gasteiger partial charge in [0.1, 0.15) is 0 Å². The molecule has 14 heavy (non-hydrogen) atoms. The number of hydrogen-bond donors (Lipinski definition) is 1. The average Bonchev–Trinajstić information content (AvgIpc) is 2.67. The Hall–Kier alpha value is -1.33. The topological polar surface area (TPSA) is 64.7 Å². The first-order valence-electron chi connectivity index (χ1n) is 4.23. The lowest BCUT2D eigenvalue weighted by Gasteiger charge is -1.94. The van der Waals surface area contributed by atoms with Gasteiger partial charge in [-0.25, -0.2) is 15.0 Å². The molecule has 0 aliphatic carbocycles. The third-order valence-corrected chi connectivity index (χ3v) is 2.62. The van der Waals surface area contributed by atoms with Gasteiger partial charge in [0, 0.05) is 24.3 Å². The summed E-state index contributed by atoms with van der Waals surface area (Å²) >= 11 is 1.52. The Kier molecular flexibility index (Phi) is 2.51. The van der Waals surface area contributed by atoms with E-state index in [1.165, 1.54) is 11.3 Å². The molecule has 5 heteroatoms. The monoisotopic (exact) mass is 206 g/mol. The number of nitrogens with zero attached hydrogens (tertiary/aromatic N) is 3. The van der Waals surface area contributed by atoms with Crippen molar-refractivity contribution in [2.24, 2.45) is 5.73 Å². The Labute approximate surface area is 85.9 Å². The minimum absolute atomic E-state index is 0.461. The van der Waals surface area contributed by atoms with Crippen LogP contribution >= 0.6 is 11.3 Å². The van der Waals surface area contributed by atoms with Gasteiger partial charge in [0.05, 0.1) is 5.69 Å². The number of thiazole rings is 1. The largest absolute Gasteiger partial charge is 0.325 e. The Morgan fingerprint density at radius 2 is 2.07 bits per heavy atom. The highest BCUT2D eigenvalue weighted by Crippen LogP contribution is 2.19. The van der Waals surface area contributed by atoms with E-state index < -0.39 is 0 Å². The molecule has 0 unspecified atom stereocenters. The molecule has 0 atom stereocenters. The van der Waals surface area contributed by atoms with Crippen molar-refractivity contribution in [3.63, 3.8) is 0 Å². The first kappa shape index (κ1) is 9.23. The van der Waals surface area contributed by atoms with Crippen molar-refractivity contribution in [3.05, 3.63) is 29.0 Å². The molecule has 4 nitrogen and oxygen atoms in total. The van der Waals surface area contributed by atoms with Crippen molar-refractivity contribution in [3.8, 4) is 10.8 Å². The van der Waals surface area contributed by atoms with Crippen molar-refractivity contribution >= 4 is 11.3 Å². The lowest BCUT2D eigenvalue weighted by atomic mass is 10.4. The zero-order valence-corrected chi connectivity index (χ0v) is 8.58. The fourth-order valence-corrected chi connectivity index (χ4v) is 1.78. The Morgan fingerprint density at radius 1 is 1.36 bits per heavy atom. The van der Waals surface area contributed by atoms with E-state index in [1.807, 2.05) is 12.3 Å². The molecule has 2 N–H and O–H groups in total. The van der Waals surface area contributed by atoms with Crippen molar-refractivity contribution < 1.29 is 0 Å². The van der Waals surface area contributed by atoms with Gasteiger partial charge in [-0.2, -0.15) is 0 Å². The quantitative estimate of drug-likeness (QED) is 0.806. The van der Waals surface area contributed by atoms with Crippen LogP contribution in [0.3, 0.4) is 0 Å². The van der Waals surface area contributed by atoms with Crippen molar-refractivity contribution in [1.82, 2.24) is 15.0 Å². The van der Waals surface area contributed by atoms with E-state index in [9.17, 15) is 0 Å². The predicted octanol–water partition coefficient (Wildman–Crippen LogP) is 1.37. The SMILES string of the molecule is Cc1cnc(-c2nc(CN)cs2)nc1. The van der Waals surface area contributed by atoms with Crippen molar-refractivity contribution in [2.45, 2.75) is 13.5 Å². The number of aromatic nitrogens is 3. The summed E-state index contributed by atoms with van der Waals surface area (Å²) in [7, 11) is 0. The van der Waals surface area contributed by atoms with Gasteiger partial charge >= 0.3 is 0 Å². The van der Waals surface area contributed by atoms with Gasteiger partial charge in [-0.05, 0) is 12.5 Å². The van der Waals surface area contributed by atoms with E-state index in [0.717, 1.165) is 16.3 Å². The lowest BCUT2D eigenvalue weighted by Crippen LogP contribution is -1.96. The molecule has 0 saturated carbocycles. The molecule has 0 bridgehead atoms. The molecule has 0 fully saturated rings. The van der Waals surface area contributed by atoms with Gasteiger partial charge in [-0.1, -0.05) is 0 Å². The van der Waals surface area contributed by atoms with Crippen molar-refractivity contribution in [1.29, 1.82) is 0 Å². The Morgan fingerprint density at radius 3 is 2.64 bits per heavy atom. The standard InChI is InChI=1S/C9H10N4S/c1-6-3-11-8(12-4-6)9-13-7(2-10)5-14-9/h3-5H,2,10H2,1H3. The second kappa shape index (κ2) is 3.81. The highest BCUT2D eigenvalue weighted by atomic mass is 32.1. The highest BCUT2D eigenvalue weighted by molar-refractivity contribution is 7.13. The van der Waals surface area contributed by atoms with Gasteiger partial charge in [0.25, 0.3) is 0 Å². The zero-order chi connectivity index (χ0) is 9.97. The molecule has 0 radical (unpaired) electrons. The summed E-state index contributed by atoms with van der Waals surface area (Å²) in [6.07, 6.45) is 3.57. The fraction of sp³-hybridized carbons (Fsp3) is 0.222. The summed E-state index contributed by atoms with van der Waals surface area (Å²) in [6, 6.07) is 0. The number of hydrogen-bond acceptors (Lipinski definition) is 5. The minimum atomic E-state index is 0.461. The van der Waals surface area contributed by atoms with E-state index in [-0.39, 0.29) is 0 Å². The summed E-state index contributed by atoms with van der Waals surface area (Å²) in [5.74, 6) is 0.667. The first-order chi connectivity index (χ1) is 6.79. The van der Waals surface area contributed by atoms with Gasteiger partial charge in [-0.15, -0.1) is 11.3 Å². The molecule has 0 spiro atoms. The molecule has 0 amide bonds. The minimum Gasteiger partial charge on any atom is -0.325 e. The molecule has 0 aliphatic rings. The summed E-state index contributed by atoms with van der Waals surface area (Å²) in [5, 5.41) is 2.75. The van der Waals surface area contributed by atoms with Crippen LogP contribution in [0.5, 0.6) is 0 Å². The third kappa shape index (κ3) is 1.78. The molecular weight excluding hydrogens is 196 g/mol. The summed E-state index contributed by atoms with van der Waals surface area (Å²) in [5.41, 5.74) is 7.40.